The van der Waals surface area contributed by atoms with E-state index in [1.807, 2.05) is 19.9 Å². The van der Waals surface area contributed by atoms with Gasteiger partial charge in [0.2, 0.25) is 0 Å². The normalized spacial score (nSPS) is 12.5. The molecule has 21 heavy (non-hydrogen) atoms. The number of aryl methyl sites for hydroxylation is 2. The molecule has 112 valence electrons. The maximum absolute atomic E-state index is 13.5. The average molecular weight is 372 g/mol. The first kappa shape index (κ1) is 16.4. The Morgan fingerprint density at radius 2 is 1.90 bits per heavy atom. The van der Waals surface area contributed by atoms with Crippen molar-refractivity contribution in [3.8, 4) is 0 Å². The van der Waals surface area contributed by atoms with Crippen molar-refractivity contribution >= 4 is 27.5 Å². The third-order valence-corrected chi connectivity index (χ3v) is 5.19. The van der Waals surface area contributed by atoms with Crippen molar-refractivity contribution in [1.82, 2.24) is 5.43 Å². The van der Waals surface area contributed by atoms with E-state index in [1.165, 1.54) is 6.07 Å². The minimum absolute atomic E-state index is 0.130. The number of hydrogen-bond donors (Lipinski definition) is 2. The van der Waals surface area contributed by atoms with E-state index in [9.17, 15) is 4.39 Å². The fourth-order valence-electron chi connectivity index (χ4n) is 2.38. The van der Waals surface area contributed by atoms with E-state index in [0.717, 1.165) is 26.7 Å². The van der Waals surface area contributed by atoms with Gasteiger partial charge in [0.15, 0.2) is 0 Å². The molecule has 0 radical (unpaired) electrons. The Balaban J connectivity index is 2.34. The number of rotatable bonds is 4. The van der Waals surface area contributed by atoms with Gasteiger partial charge >= 0.3 is 0 Å². The lowest BCUT2D eigenvalue weighted by Crippen LogP contribution is -2.29. The first-order valence-electron chi connectivity index (χ1n) is 6.59. The highest BCUT2D eigenvalue weighted by molar-refractivity contribution is 9.10. The van der Waals surface area contributed by atoms with E-state index in [0.29, 0.717) is 6.42 Å². The summed E-state index contributed by atoms with van der Waals surface area (Å²) in [7, 11) is 0. The summed E-state index contributed by atoms with van der Waals surface area (Å²) >= 11 is 9.57. The van der Waals surface area contributed by atoms with Crippen molar-refractivity contribution in [2.24, 2.45) is 5.84 Å². The van der Waals surface area contributed by atoms with Gasteiger partial charge in [-0.25, -0.2) is 4.39 Å². The molecule has 5 heteroatoms. The Hall–Kier alpha value is -0.940. The summed E-state index contributed by atoms with van der Waals surface area (Å²) in [4.78, 5) is 0. The van der Waals surface area contributed by atoms with E-state index in [2.05, 4.69) is 33.5 Å². The van der Waals surface area contributed by atoms with E-state index >= 15 is 0 Å². The number of benzene rings is 2. The molecule has 1 unspecified atom stereocenters. The lowest BCUT2D eigenvalue weighted by atomic mass is 9.96. The molecule has 0 saturated carbocycles. The molecule has 0 bridgehead atoms. The molecule has 0 fully saturated rings. The van der Waals surface area contributed by atoms with Crippen LogP contribution < -0.4 is 11.3 Å². The lowest BCUT2D eigenvalue weighted by molar-refractivity contribution is 0.548. The molecular weight excluding hydrogens is 355 g/mol. The minimum Gasteiger partial charge on any atom is -0.271 e. The van der Waals surface area contributed by atoms with Gasteiger partial charge in [0.25, 0.3) is 0 Å². The van der Waals surface area contributed by atoms with Crippen LogP contribution in [-0.2, 0) is 6.42 Å². The van der Waals surface area contributed by atoms with Crippen molar-refractivity contribution in [3.63, 3.8) is 0 Å². The van der Waals surface area contributed by atoms with Gasteiger partial charge in [-0.1, -0.05) is 51.8 Å². The highest BCUT2D eigenvalue weighted by Gasteiger charge is 2.16. The van der Waals surface area contributed by atoms with Gasteiger partial charge in [0, 0.05) is 4.47 Å². The van der Waals surface area contributed by atoms with Crippen molar-refractivity contribution < 1.29 is 4.39 Å². The van der Waals surface area contributed by atoms with Crippen LogP contribution in [0.1, 0.15) is 28.3 Å². The van der Waals surface area contributed by atoms with Crippen LogP contribution in [0.3, 0.4) is 0 Å². The van der Waals surface area contributed by atoms with Gasteiger partial charge in [0.1, 0.15) is 5.82 Å². The number of hydrazine groups is 1. The molecule has 1 atom stereocenters. The van der Waals surface area contributed by atoms with Crippen molar-refractivity contribution in [2.75, 3.05) is 0 Å². The Labute approximate surface area is 137 Å². The molecule has 2 rings (SSSR count). The summed E-state index contributed by atoms with van der Waals surface area (Å²) in [6, 6.07) is 8.82. The van der Waals surface area contributed by atoms with Crippen LogP contribution in [0.5, 0.6) is 0 Å². The second kappa shape index (κ2) is 6.88. The van der Waals surface area contributed by atoms with Crippen LogP contribution in [0.4, 0.5) is 4.39 Å². The summed E-state index contributed by atoms with van der Waals surface area (Å²) in [5.41, 5.74) is 6.85. The monoisotopic (exact) mass is 370 g/mol. The Morgan fingerprint density at radius 3 is 2.48 bits per heavy atom. The molecule has 0 saturated heterocycles. The summed E-state index contributed by atoms with van der Waals surface area (Å²) in [5.74, 6) is 5.27. The van der Waals surface area contributed by atoms with E-state index in [4.69, 9.17) is 17.4 Å². The quantitative estimate of drug-likeness (QED) is 0.608. The highest BCUT2D eigenvalue weighted by atomic mass is 79.9. The smallest absolute Gasteiger partial charge is 0.142 e. The van der Waals surface area contributed by atoms with Gasteiger partial charge in [-0.2, -0.15) is 0 Å². The van der Waals surface area contributed by atoms with E-state index in [1.54, 1.807) is 6.07 Å². The molecule has 3 N–H and O–H groups in total. The Kier molecular flexibility index (Phi) is 5.38. The largest absolute Gasteiger partial charge is 0.271 e. The predicted molar refractivity (Wildman–Crippen MR) is 88.8 cm³/mol. The van der Waals surface area contributed by atoms with Crippen LogP contribution >= 0.6 is 27.5 Å². The summed E-state index contributed by atoms with van der Waals surface area (Å²) < 4.78 is 14.6. The Bertz CT molecular complexity index is 638. The molecule has 0 spiro atoms. The third kappa shape index (κ3) is 3.64. The fraction of sp³-hybridized carbons (Fsp3) is 0.250. The zero-order valence-corrected chi connectivity index (χ0v) is 14.2. The Morgan fingerprint density at radius 1 is 1.29 bits per heavy atom. The summed E-state index contributed by atoms with van der Waals surface area (Å²) in [6.07, 6.45) is 0.521. The number of halogens is 3. The van der Waals surface area contributed by atoms with E-state index < -0.39 is 5.82 Å². The zero-order valence-electron chi connectivity index (χ0n) is 11.9. The average Bonchev–Trinajstić information content (AvgIpc) is 2.46. The zero-order chi connectivity index (χ0) is 15.6. The number of nitrogens with one attached hydrogen (secondary N) is 1. The van der Waals surface area contributed by atoms with Gasteiger partial charge in [-0.15, -0.1) is 0 Å². The van der Waals surface area contributed by atoms with Crippen molar-refractivity contribution in [1.29, 1.82) is 0 Å². The number of nitrogens with two attached hydrogens (primary N) is 1. The topological polar surface area (TPSA) is 38.0 Å². The van der Waals surface area contributed by atoms with Gasteiger partial charge in [-0.05, 0) is 48.6 Å². The first-order valence-corrected chi connectivity index (χ1v) is 7.76. The van der Waals surface area contributed by atoms with Crippen molar-refractivity contribution in [3.05, 3.63) is 67.9 Å². The van der Waals surface area contributed by atoms with Crippen molar-refractivity contribution in [2.45, 2.75) is 26.3 Å². The molecule has 0 aliphatic heterocycles. The molecule has 2 aromatic rings. The summed E-state index contributed by atoms with van der Waals surface area (Å²) in [5, 5.41) is 0.156. The maximum Gasteiger partial charge on any atom is 0.142 e. The molecule has 0 aliphatic carbocycles. The predicted octanol–water partition coefficient (Wildman–Crippen LogP) is 4.61. The first-order chi connectivity index (χ1) is 9.93. The molecular formula is C16H17BrClFN2. The van der Waals surface area contributed by atoms with Crippen LogP contribution in [0.25, 0.3) is 0 Å². The second-order valence-electron chi connectivity index (χ2n) is 5.11. The summed E-state index contributed by atoms with van der Waals surface area (Å²) in [6.45, 7) is 4.06. The SMILES string of the molecule is Cc1cc(C(Cc2cccc(F)c2Cl)NN)cc(C)c1Br. The van der Waals surface area contributed by atoms with Gasteiger partial charge in [0.05, 0.1) is 11.1 Å². The molecule has 2 nitrogen and oxygen atoms in total. The van der Waals surface area contributed by atoms with Gasteiger partial charge < -0.3 is 0 Å². The van der Waals surface area contributed by atoms with Crippen LogP contribution in [0, 0.1) is 19.7 Å². The van der Waals surface area contributed by atoms with Crippen LogP contribution in [0.15, 0.2) is 34.8 Å². The highest BCUT2D eigenvalue weighted by Crippen LogP contribution is 2.29. The van der Waals surface area contributed by atoms with Crippen LogP contribution in [-0.4, -0.2) is 0 Å². The minimum atomic E-state index is -0.409. The lowest BCUT2D eigenvalue weighted by Gasteiger charge is -2.19. The maximum atomic E-state index is 13.5. The van der Waals surface area contributed by atoms with Gasteiger partial charge in [-0.3, -0.25) is 11.3 Å². The van der Waals surface area contributed by atoms with E-state index in [-0.39, 0.29) is 11.1 Å². The fourth-order valence-corrected chi connectivity index (χ4v) is 2.81. The molecule has 0 heterocycles. The standard InChI is InChI=1S/C16H17BrClFN2/c1-9-6-12(7-10(2)15(9)17)14(21-20)8-11-4-3-5-13(19)16(11)18/h3-7,14,21H,8,20H2,1-2H3. The third-order valence-electron chi connectivity index (χ3n) is 3.52. The van der Waals surface area contributed by atoms with Crippen LogP contribution in [0.2, 0.25) is 5.02 Å². The second-order valence-corrected chi connectivity index (χ2v) is 6.28. The number of hydrogen-bond acceptors (Lipinski definition) is 2. The molecule has 0 aliphatic rings. The molecule has 0 aromatic heterocycles. The molecule has 2 aromatic carbocycles. The molecule has 0 amide bonds.